The number of pyridine rings is 1. The second-order valence-electron chi connectivity index (χ2n) is 3.05. The largest absolute Gasteiger partial charge is 0.392 e. The van der Waals surface area contributed by atoms with Gasteiger partial charge in [-0.2, -0.15) is 0 Å². The minimum absolute atomic E-state index is 0.0781. The van der Waals surface area contributed by atoms with Gasteiger partial charge in [0.15, 0.2) is 0 Å². The van der Waals surface area contributed by atoms with Crippen molar-refractivity contribution in [2.75, 3.05) is 18.0 Å². The van der Waals surface area contributed by atoms with E-state index in [9.17, 15) is 0 Å². The molecule has 0 bridgehead atoms. The van der Waals surface area contributed by atoms with E-state index in [1.54, 1.807) is 6.20 Å². The molecule has 0 aliphatic carbocycles. The Bertz CT molecular complexity index is 271. The number of rotatable bonds is 2. The first-order valence-electron chi connectivity index (χ1n) is 4.20. The maximum atomic E-state index is 8.88. The van der Waals surface area contributed by atoms with Crippen LogP contribution in [0.15, 0.2) is 18.5 Å². The Kier molecular flexibility index (Phi) is 1.96. The third-order valence-electron chi connectivity index (χ3n) is 2.18. The first kappa shape index (κ1) is 7.55. The van der Waals surface area contributed by atoms with Crippen LogP contribution in [0.3, 0.4) is 0 Å². The van der Waals surface area contributed by atoms with Crippen molar-refractivity contribution in [1.29, 1.82) is 0 Å². The summed E-state index contributed by atoms with van der Waals surface area (Å²) in [4.78, 5) is 6.31. The van der Waals surface area contributed by atoms with Crippen molar-refractivity contribution >= 4 is 5.69 Å². The molecule has 1 aromatic rings. The van der Waals surface area contributed by atoms with Gasteiger partial charge < -0.3 is 10.0 Å². The van der Waals surface area contributed by atoms with Crippen molar-refractivity contribution in [3.8, 4) is 0 Å². The molecule has 1 saturated heterocycles. The van der Waals surface area contributed by atoms with Crippen LogP contribution in [-0.2, 0) is 6.61 Å². The Labute approximate surface area is 71.7 Å². The third-order valence-corrected chi connectivity index (χ3v) is 2.18. The lowest BCUT2D eigenvalue weighted by atomic mass is 10.2. The average Bonchev–Trinajstić information content (AvgIpc) is 2.02. The summed E-state index contributed by atoms with van der Waals surface area (Å²) in [5.74, 6) is 0. The molecule has 1 aliphatic rings. The van der Waals surface area contributed by atoms with E-state index in [0.717, 1.165) is 24.3 Å². The number of aliphatic hydroxyl groups is 1. The van der Waals surface area contributed by atoms with Gasteiger partial charge in [0.2, 0.25) is 0 Å². The van der Waals surface area contributed by atoms with Crippen LogP contribution in [0.5, 0.6) is 0 Å². The molecule has 1 aromatic heterocycles. The van der Waals surface area contributed by atoms with Gasteiger partial charge in [-0.1, -0.05) is 0 Å². The molecule has 64 valence electrons. The van der Waals surface area contributed by atoms with Crippen LogP contribution in [0.25, 0.3) is 0 Å². The molecule has 0 spiro atoms. The molecule has 0 unspecified atom stereocenters. The van der Waals surface area contributed by atoms with Gasteiger partial charge in [-0.3, -0.25) is 4.98 Å². The van der Waals surface area contributed by atoms with Crippen molar-refractivity contribution in [2.24, 2.45) is 0 Å². The Balaban J connectivity index is 2.19. The highest BCUT2D eigenvalue weighted by Crippen LogP contribution is 2.19. The predicted octanol–water partition coefficient (Wildman–Crippen LogP) is 0.784. The van der Waals surface area contributed by atoms with Gasteiger partial charge in [0.25, 0.3) is 0 Å². The molecular formula is C9H12N2O. The normalized spacial score (nSPS) is 15.9. The van der Waals surface area contributed by atoms with E-state index in [1.165, 1.54) is 6.42 Å². The Morgan fingerprint density at radius 2 is 2.25 bits per heavy atom. The van der Waals surface area contributed by atoms with Crippen molar-refractivity contribution in [3.63, 3.8) is 0 Å². The van der Waals surface area contributed by atoms with Gasteiger partial charge >= 0.3 is 0 Å². The smallest absolute Gasteiger partial charge is 0.0697 e. The fourth-order valence-corrected chi connectivity index (χ4v) is 1.31. The van der Waals surface area contributed by atoms with Crippen molar-refractivity contribution < 1.29 is 5.11 Å². The molecule has 0 aromatic carbocycles. The van der Waals surface area contributed by atoms with E-state index < -0.39 is 0 Å². The summed E-state index contributed by atoms with van der Waals surface area (Å²) in [6.45, 7) is 2.32. The number of hydrogen-bond donors (Lipinski definition) is 1. The monoisotopic (exact) mass is 164 g/mol. The fourth-order valence-electron chi connectivity index (χ4n) is 1.31. The van der Waals surface area contributed by atoms with Gasteiger partial charge in [0, 0.05) is 19.3 Å². The van der Waals surface area contributed by atoms with Crippen LogP contribution in [0, 0.1) is 0 Å². The summed E-state index contributed by atoms with van der Waals surface area (Å²) in [7, 11) is 0. The Morgan fingerprint density at radius 1 is 1.42 bits per heavy atom. The summed E-state index contributed by atoms with van der Waals surface area (Å²) in [6.07, 6.45) is 4.81. The van der Waals surface area contributed by atoms with Gasteiger partial charge in [-0.05, 0) is 18.1 Å². The van der Waals surface area contributed by atoms with Crippen LogP contribution >= 0.6 is 0 Å². The summed E-state index contributed by atoms with van der Waals surface area (Å²) >= 11 is 0. The number of hydrogen-bond acceptors (Lipinski definition) is 3. The minimum Gasteiger partial charge on any atom is -0.392 e. The van der Waals surface area contributed by atoms with Crippen LogP contribution < -0.4 is 4.90 Å². The quantitative estimate of drug-likeness (QED) is 0.701. The first-order valence-corrected chi connectivity index (χ1v) is 4.20. The van der Waals surface area contributed by atoms with Crippen LogP contribution in [-0.4, -0.2) is 23.2 Å². The van der Waals surface area contributed by atoms with Gasteiger partial charge in [0.1, 0.15) is 0 Å². The van der Waals surface area contributed by atoms with E-state index in [4.69, 9.17) is 5.11 Å². The molecular weight excluding hydrogens is 152 g/mol. The topological polar surface area (TPSA) is 36.4 Å². The van der Waals surface area contributed by atoms with Crippen LogP contribution in [0.1, 0.15) is 12.0 Å². The lowest BCUT2D eigenvalue weighted by Gasteiger charge is -2.32. The van der Waals surface area contributed by atoms with E-state index in [1.807, 2.05) is 12.3 Å². The van der Waals surface area contributed by atoms with E-state index in [-0.39, 0.29) is 6.61 Å². The Hall–Kier alpha value is -1.09. The molecule has 0 atom stereocenters. The molecule has 0 radical (unpaired) electrons. The van der Waals surface area contributed by atoms with Crippen molar-refractivity contribution in [1.82, 2.24) is 4.98 Å². The predicted molar refractivity (Wildman–Crippen MR) is 47.0 cm³/mol. The zero-order valence-corrected chi connectivity index (χ0v) is 6.90. The van der Waals surface area contributed by atoms with E-state index >= 15 is 0 Å². The zero-order chi connectivity index (χ0) is 8.39. The number of aromatic nitrogens is 1. The molecule has 0 saturated carbocycles. The lowest BCUT2D eigenvalue weighted by molar-refractivity contribution is 0.281. The van der Waals surface area contributed by atoms with E-state index in [2.05, 4.69) is 9.88 Å². The Morgan fingerprint density at radius 3 is 2.83 bits per heavy atom. The molecule has 1 N–H and O–H groups in total. The van der Waals surface area contributed by atoms with Crippen molar-refractivity contribution in [2.45, 2.75) is 13.0 Å². The van der Waals surface area contributed by atoms with Gasteiger partial charge in [-0.25, -0.2) is 0 Å². The summed E-state index contributed by atoms with van der Waals surface area (Å²) in [5.41, 5.74) is 2.02. The molecule has 3 nitrogen and oxygen atoms in total. The number of anilines is 1. The molecule has 2 rings (SSSR count). The molecule has 3 heteroatoms. The SMILES string of the molecule is OCc1cncc(N2CCC2)c1. The van der Waals surface area contributed by atoms with Crippen molar-refractivity contribution in [3.05, 3.63) is 24.0 Å². The number of aliphatic hydroxyl groups excluding tert-OH is 1. The third kappa shape index (κ3) is 1.28. The highest BCUT2D eigenvalue weighted by molar-refractivity contribution is 5.47. The molecule has 1 aliphatic heterocycles. The second kappa shape index (κ2) is 3.11. The average molecular weight is 164 g/mol. The first-order chi connectivity index (χ1) is 5.90. The van der Waals surface area contributed by atoms with Crippen LogP contribution in [0.2, 0.25) is 0 Å². The standard InChI is InChI=1S/C9H12N2O/c12-7-8-4-9(6-10-5-8)11-2-1-3-11/h4-6,12H,1-3,7H2. The molecule has 0 amide bonds. The summed E-state index contributed by atoms with van der Waals surface area (Å²) in [6, 6.07) is 1.99. The highest BCUT2D eigenvalue weighted by atomic mass is 16.3. The minimum atomic E-state index is 0.0781. The maximum absolute atomic E-state index is 8.88. The van der Waals surface area contributed by atoms with Gasteiger partial charge in [0.05, 0.1) is 18.5 Å². The fraction of sp³-hybridized carbons (Fsp3) is 0.444. The van der Waals surface area contributed by atoms with Gasteiger partial charge in [-0.15, -0.1) is 0 Å². The molecule has 1 fully saturated rings. The van der Waals surface area contributed by atoms with E-state index in [0.29, 0.717) is 0 Å². The zero-order valence-electron chi connectivity index (χ0n) is 6.90. The van der Waals surface area contributed by atoms with Crippen LogP contribution in [0.4, 0.5) is 5.69 Å². The molecule has 12 heavy (non-hydrogen) atoms. The summed E-state index contributed by atoms with van der Waals surface area (Å²) < 4.78 is 0. The maximum Gasteiger partial charge on any atom is 0.0697 e. The lowest BCUT2D eigenvalue weighted by Crippen LogP contribution is -2.37. The second-order valence-corrected chi connectivity index (χ2v) is 3.05. The number of nitrogens with zero attached hydrogens (tertiary/aromatic N) is 2. The summed E-state index contributed by atoms with van der Waals surface area (Å²) in [5, 5.41) is 8.88. The highest BCUT2D eigenvalue weighted by Gasteiger charge is 2.14. The molecule has 2 heterocycles.